The molecule has 76 valence electrons. The lowest BCUT2D eigenvalue weighted by Gasteiger charge is -1.99. The molecular weight excluding hydrogens is 192 g/mol. The molecule has 3 heteroatoms. The predicted molar refractivity (Wildman–Crippen MR) is 64.4 cm³/mol. The first kappa shape index (κ1) is 11.1. The van der Waals surface area contributed by atoms with Crippen LogP contribution >= 0.6 is 11.8 Å². The molecule has 14 heavy (non-hydrogen) atoms. The third kappa shape index (κ3) is 3.42. The fourth-order valence-corrected chi connectivity index (χ4v) is 1.54. The summed E-state index contributed by atoms with van der Waals surface area (Å²) in [5.41, 5.74) is 6.67. The number of hydrogen-bond donors (Lipinski definition) is 1. The fourth-order valence-electron chi connectivity index (χ4n) is 1.13. The van der Waals surface area contributed by atoms with E-state index in [1.54, 1.807) is 11.8 Å². The summed E-state index contributed by atoms with van der Waals surface area (Å²) in [6.45, 7) is 2.10. The van der Waals surface area contributed by atoms with Crippen LogP contribution in [0, 0.1) is 0 Å². The Morgan fingerprint density at radius 2 is 2.00 bits per heavy atom. The minimum atomic E-state index is 0.712. The van der Waals surface area contributed by atoms with Crippen molar-refractivity contribution in [3.05, 3.63) is 24.3 Å². The van der Waals surface area contributed by atoms with E-state index >= 15 is 0 Å². The average molecular weight is 208 g/mol. The Balaban J connectivity index is 2.72. The van der Waals surface area contributed by atoms with Crippen molar-refractivity contribution in [2.45, 2.75) is 24.7 Å². The minimum Gasteiger partial charge on any atom is -0.387 e. The van der Waals surface area contributed by atoms with E-state index in [9.17, 15) is 0 Å². The smallest absolute Gasteiger partial charge is 0.0996 e. The zero-order valence-corrected chi connectivity index (χ0v) is 9.47. The van der Waals surface area contributed by atoms with E-state index in [4.69, 9.17) is 5.73 Å². The maximum atomic E-state index is 5.73. The van der Waals surface area contributed by atoms with Crippen molar-refractivity contribution in [2.24, 2.45) is 10.7 Å². The van der Waals surface area contributed by atoms with Gasteiger partial charge in [0.15, 0.2) is 0 Å². The quantitative estimate of drug-likeness (QED) is 0.469. The van der Waals surface area contributed by atoms with Gasteiger partial charge < -0.3 is 5.73 Å². The third-order valence-corrected chi connectivity index (χ3v) is 2.59. The van der Waals surface area contributed by atoms with Crippen LogP contribution in [0.5, 0.6) is 0 Å². The number of benzene rings is 1. The van der Waals surface area contributed by atoms with Crippen molar-refractivity contribution >= 4 is 23.3 Å². The molecular formula is C11H16N2S. The molecule has 0 aliphatic heterocycles. The van der Waals surface area contributed by atoms with E-state index in [0.717, 1.165) is 18.5 Å². The molecule has 0 spiro atoms. The molecule has 1 aromatic rings. The highest BCUT2D eigenvalue weighted by atomic mass is 32.2. The number of nitrogens with two attached hydrogens (primary N) is 1. The maximum absolute atomic E-state index is 5.73. The molecule has 0 unspecified atom stereocenters. The van der Waals surface area contributed by atoms with Crippen molar-refractivity contribution in [1.82, 2.24) is 0 Å². The zero-order valence-electron chi connectivity index (χ0n) is 8.66. The Bertz CT molecular complexity index is 304. The van der Waals surface area contributed by atoms with Gasteiger partial charge in [-0.1, -0.05) is 6.92 Å². The van der Waals surface area contributed by atoms with E-state index in [0.29, 0.717) is 5.84 Å². The topological polar surface area (TPSA) is 38.4 Å². The van der Waals surface area contributed by atoms with Crippen LogP contribution in [0.2, 0.25) is 0 Å². The molecule has 0 heterocycles. The number of nitrogens with zero attached hydrogens (tertiary/aromatic N) is 1. The molecule has 0 saturated carbocycles. The second-order valence-electron chi connectivity index (χ2n) is 3.05. The third-order valence-electron chi connectivity index (χ3n) is 1.85. The summed E-state index contributed by atoms with van der Waals surface area (Å²) in [5.74, 6) is 0.712. The molecule has 0 atom stereocenters. The second kappa shape index (κ2) is 5.70. The number of hydrogen-bond acceptors (Lipinski definition) is 2. The van der Waals surface area contributed by atoms with E-state index in [1.165, 1.54) is 4.90 Å². The van der Waals surface area contributed by atoms with Crippen molar-refractivity contribution in [1.29, 1.82) is 0 Å². The lowest BCUT2D eigenvalue weighted by molar-refractivity contribution is 0.983. The number of amidine groups is 1. The second-order valence-corrected chi connectivity index (χ2v) is 3.93. The highest BCUT2D eigenvalue weighted by molar-refractivity contribution is 7.98. The molecule has 0 saturated heterocycles. The zero-order chi connectivity index (χ0) is 10.4. The number of aliphatic imine (C=N–C) groups is 1. The van der Waals surface area contributed by atoms with Crippen LogP contribution in [0.15, 0.2) is 34.2 Å². The molecule has 0 bridgehead atoms. The molecule has 0 amide bonds. The van der Waals surface area contributed by atoms with Gasteiger partial charge in [-0.25, -0.2) is 4.99 Å². The Morgan fingerprint density at radius 3 is 2.50 bits per heavy atom. The molecule has 0 radical (unpaired) electrons. The molecule has 1 rings (SSSR count). The summed E-state index contributed by atoms with van der Waals surface area (Å²) in [4.78, 5) is 5.56. The molecule has 2 nitrogen and oxygen atoms in total. The Labute approximate surface area is 89.6 Å². The van der Waals surface area contributed by atoms with Crippen LogP contribution < -0.4 is 5.73 Å². The van der Waals surface area contributed by atoms with E-state index < -0.39 is 0 Å². The summed E-state index contributed by atoms with van der Waals surface area (Å²) in [5, 5.41) is 0. The van der Waals surface area contributed by atoms with Gasteiger partial charge in [-0.2, -0.15) is 0 Å². The van der Waals surface area contributed by atoms with Gasteiger partial charge in [-0.05, 0) is 36.9 Å². The first-order chi connectivity index (χ1) is 6.76. The number of thioether (sulfide) groups is 1. The van der Waals surface area contributed by atoms with Crippen LogP contribution in [-0.4, -0.2) is 12.1 Å². The van der Waals surface area contributed by atoms with Gasteiger partial charge >= 0.3 is 0 Å². The summed E-state index contributed by atoms with van der Waals surface area (Å²) >= 11 is 1.73. The van der Waals surface area contributed by atoms with Gasteiger partial charge in [0, 0.05) is 11.3 Å². The van der Waals surface area contributed by atoms with Crippen molar-refractivity contribution in [3.8, 4) is 0 Å². The summed E-state index contributed by atoms with van der Waals surface area (Å²) in [7, 11) is 0. The van der Waals surface area contributed by atoms with E-state index in [1.807, 2.05) is 12.1 Å². The standard InChI is InChI=1S/C11H16N2S/c1-3-4-11(12)13-9-5-7-10(14-2)8-6-9/h5-8H,3-4H2,1-2H3,(H2,12,13). The molecule has 0 fully saturated rings. The van der Waals surface area contributed by atoms with Crippen LogP contribution in [-0.2, 0) is 0 Å². The predicted octanol–water partition coefficient (Wildman–Crippen LogP) is 3.20. The highest BCUT2D eigenvalue weighted by Crippen LogP contribution is 2.19. The minimum absolute atomic E-state index is 0.712. The van der Waals surface area contributed by atoms with Gasteiger partial charge in [-0.15, -0.1) is 11.8 Å². The van der Waals surface area contributed by atoms with Crippen LogP contribution in [0.4, 0.5) is 5.69 Å². The van der Waals surface area contributed by atoms with Gasteiger partial charge in [0.25, 0.3) is 0 Å². The van der Waals surface area contributed by atoms with Gasteiger partial charge in [0.2, 0.25) is 0 Å². The fraction of sp³-hybridized carbons (Fsp3) is 0.364. The van der Waals surface area contributed by atoms with Crippen molar-refractivity contribution < 1.29 is 0 Å². The first-order valence-corrected chi connectivity index (χ1v) is 5.96. The van der Waals surface area contributed by atoms with Crippen molar-refractivity contribution in [3.63, 3.8) is 0 Å². The van der Waals surface area contributed by atoms with E-state index in [2.05, 4.69) is 30.3 Å². The van der Waals surface area contributed by atoms with Crippen LogP contribution in [0.25, 0.3) is 0 Å². The highest BCUT2D eigenvalue weighted by Gasteiger charge is 1.93. The molecule has 0 aliphatic rings. The largest absolute Gasteiger partial charge is 0.387 e. The molecule has 2 N–H and O–H groups in total. The van der Waals surface area contributed by atoms with Gasteiger partial charge in [0.05, 0.1) is 11.5 Å². The lowest BCUT2D eigenvalue weighted by Crippen LogP contribution is -2.09. The van der Waals surface area contributed by atoms with E-state index in [-0.39, 0.29) is 0 Å². The summed E-state index contributed by atoms with van der Waals surface area (Å²) in [6, 6.07) is 8.11. The van der Waals surface area contributed by atoms with Gasteiger partial charge in [-0.3, -0.25) is 0 Å². The molecule has 0 aliphatic carbocycles. The average Bonchev–Trinajstić information content (AvgIpc) is 2.19. The van der Waals surface area contributed by atoms with Crippen LogP contribution in [0.3, 0.4) is 0 Å². The summed E-state index contributed by atoms with van der Waals surface area (Å²) < 4.78 is 0. The number of rotatable bonds is 4. The first-order valence-electron chi connectivity index (χ1n) is 4.73. The van der Waals surface area contributed by atoms with Gasteiger partial charge in [0.1, 0.15) is 0 Å². The van der Waals surface area contributed by atoms with Crippen molar-refractivity contribution in [2.75, 3.05) is 6.26 Å². The Morgan fingerprint density at radius 1 is 1.36 bits per heavy atom. The summed E-state index contributed by atoms with van der Waals surface area (Å²) in [6.07, 6.45) is 3.96. The van der Waals surface area contributed by atoms with Crippen LogP contribution in [0.1, 0.15) is 19.8 Å². The Hall–Kier alpha value is -0.960. The Kier molecular flexibility index (Phi) is 4.53. The SMILES string of the molecule is CCCC(N)=Nc1ccc(SC)cc1. The molecule has 0 aromatic heterocycles. The normalized spacial score (nSPS) is 11.7. The monoisotopic (exact) mass is 208 g/mol. The maximum Gasteiger partial charge on any atom is 0.0996 e. The lowest BCUT2D eigenvalue weighted by atomic mass is 10.3. The molecule has 1 aromatic carbocycles.